The molecule has 1 atom stereocenters. The Hall–Kier alpha value is -1.44. The van der Waals surface area contributed by atoms with Crippen LogP contribution >= 0.6 is 11.3 Å². The molecule has 2 rings (SSSR count). The summed E-state index contributed by atoms with van der Waals surface area (Å²) in [5.74, 6) is 1.47. The van der Waals surface area contributed by atoms with E-state index >= 15 is 0 Å². The summed E-state index contributed by atoms with van der Waals surface area (Å²) in [5, 5.41) is 9.51. The summed E-state index contributed by atoms with van der Waals surface area (Å²) in [5.41, 5.74) is 0. The molecule has 0 aliphatic rings. The fraction of sp³-hybridized carbons (Fsp3) is 0.538. The second kappa shape index (κ2) is 7.37. The fourth-order valence-electron chi connectivity index (χ4n) is 1.83. The predicted molar refractivity (Wildman–Crippen MR) is 82.7 cm³/mol. The Kier molecular flexibility index (Phi) is 5.51. The van der Waals surface area contributed by atoms with Gasteiger partial charge in [-0.25, -0.2) is 4.98 Å². The van der Waals surface area contributed by atoms with Crippen LogP contribution < -0.4 is 10.6 Å². The average Bonchev–Trinajstić information content (AvgIpc) is 2.92. The van der Waals surface area contributed by atoms with Crippen molar-refractivity contribution in [1.29, 1.82) is 0 Å². The highest BCUT2D eigenvalue weighted by Crippen LogP contribution is 2.26. The predicted octanol–water partition coefficient (Wildman–Crippen LogP) is 2.20. The van der Waals surface area contributed by atoms with Crippen molar-refractivity contribution in [3.63, 3.8) is 0 Å². The van der Waals surface area contributed by atoms with Crippen LogP contribution in [0, 0.1) is 0 Å². The van der Waals surface area contributed by atoms with Crippen molar-refractivity contribution in [2.24, 2.45) is 0 Å². The molecule has 1 unspecified atom stereocenters. The molecule has 0 saturated carbocycles. The lowest BCUT2D eigenvalue weighted by molar-refractivity contribution is 0.0365. The van der Waals surface area contributed by atoms with E-state index in [1.807, 2.05) is 18.4 Å². The summed E-state index contributed by atoms with van der Waals surface area (Å²) in [4.78, 5) is 9.95. The zero-order chi connectivity index (χ0) is 14.4. The van der Waals surface area contributed by atoms with Crippen molar-refractivity contribution in [1.82, 2.24) is 9.97 Å². The van der Waals surface area contributed by atoms with Gasteiger partial charge in [0.1, 0.15) is 10.6 Å². The number of methoxy groups -OCH3 is 2. The fourth-order valence-corrected chi connectivity index (χ4v) is 2.60. The Morgan fingerprint density at radius 1 is 1.30 bits per heavy atom. The topological polar surface area (TPSA) is 68.3 Å². The Bertz CT molecular complexity index is 546. The third kappa shape index (κ3) is 3.56. The van der Waals surface area contributed by atoms with Gasteiger partial charge in [-0.3, -0.25) is 0 Å². The zero-order valence-corrected chi connectivity index (χ0v) is 12.8. The molecule has 0 bridgehead atoms. The van der Waals surface area contributed by atoms with Crippen LogP contribution in [0.2, 0.25) is 0 Å². The maximum absolute atomic E-state index is 5.34. The van der Waals surface area contributed by atoms with Gasteiger partial charge in [0.25, 0.3) is 0 Å². The molecule has 2 aromatic rings. The molecular formula is C13H20N4O2S. The third-order valence-corrected chi connectivity index (χ3v) is 3.65. The first-order valence-electron chi connectivity index (χ1n) is 6.53. The van der Waals surface area contributed by atoms with Crippen LogP contribution in [-0.2, 0) is 9.47 Å². The van der Waals surface area contributed by atoms with E-state index in [9.17, 15) is 0 Å². The first-order chi connectivity index (χ1) is 9.78. The molecular weight excluding hydrogens is 276 g/mol. The minimum Gasteiger partial charge on any atom is -0.382 e. The molecule has 0 spiro atoms. The minimum atomic E-state index is -0.00812. The lowest BCUT2D eigenvalue weighted by Gasteiger charge is -2.16. The average molecular weight is 296 g/mol. The monoisotopic (exact) mass is 296 g/mol. The smallest absolute Gasteiger partial charge is 0.226 e. The first-order valence-corrected chi connectivity index (χ1v) is 7.41. The summed E-state index contributed by atoms with van der Waals surface area (Å²) < 4.78 is 10.4. The van der Waals surface area contributed by atoms with Crippen molar-refractivity contribution in [3.8, 4) is 0 Å². The van der Waals surface area contributed by atoms with Gasteiger partial charge in [0.2, 0.25) is 5.95 Å². The molecule has 0 aliphatic heterocycles. The number of rotatable bonds is 8. The van der Waals surface area contributed by atoms with E-state index in [2.05, 4.69) is 20.6 Å². The molecule has 6 nitrogen and oxygen atoms in total. The summed E-state index contributed by atoms with van der Waals surface area (Å²) in [6, 6.07) is 2.02. The molecule has 0 saturated heterocycles. The zero-order valence-electron chi connectivity index (χ0n) is 12.0. The van der Waals surface area contributed by atoms with E-state index in [1.165, 1.54) is 0 Å². The van der Waals surface area contributed by atoms with Crippen molar-refractivity contribution < 1.29 is 9.47 Å². The molecule has 0 fully saturated rings. The summed E-state index contributed by atoms with van der Waals surface area (Å²) in [7, 11) is 3.34. The van der Waals surface area contributed by atoms with Gasteiger partial charge in [-0.05, 0) is 18.4 Å². The van der Waals surface area contributed by atoms with Gasteiger partial charge in [0.15, 0.2) is 0 Å². The van der Waals surface area contributed by atoms with Crippen LogP contribution in [0.1, 0.15) is 6.92 Å². The molecule has 0 amide bonds. The van der Waals surface area contributed by atoms with Crippen molar-refractivity contribution in [3.05, 3.63) is 11.4 Å². The number of hydrogen-bond acceptors (Lipinski definition) is 7. The largest absolute Gasteiger partial charge is 0.382 e. The van der Waals surface area contributed by atoms with E-state index in [1.54, 1.807) is 25.6 Å². The molecule has 2 aromatic heterocycles. The van der Waals surface area contributed by atoms with Gasteiger partial charge in [-0.1, -0.05) is 0 Å². The highest BCUT2D eigenvalue weighted by molar-refractivity contribution is 7.16. The van der Waals surface area contributed by atoms with E-state index in [0.717, 1.165) is 22.6 Å². The van der Waals surface area contributed by atoms with Crippen LogP contribution in [0.4, 0.5) is 11.8 Å². The Labute approximate surface area is 122 Å². The number of anilines is 2. The van der Waals surface area contributed by atoms with Gasteiger partial charge in [-0.2, -0.15) is 4.98 Å². The number of fused-ring (bicyclic) bond motifs is 1. The van der Waals surface area contributed by atoms with Crippen molar-refractivity contribution >= 4 is 33.3 Å². The first kappa shape index (κ1) is 15.0. The van der Waals surface area contributed by atoms with Gasteiger partial charge < -0.3 is 20.1 Å². The van der Waals surface area contributed by atoms with Crippen LogP contribution in [0.25, 0.3) is 10.2 Å². The van der Waals surface area contributed by atoms with E-state index < -0.39 is 0 Å². The molecule has 7 heteroatoms. The highest BCUT2D eigenvalue weighted by atomic mass is 32.1. The van der Waals surface area contributed by atoms with E-state index in [4.69, 9.17) is 9.47 Å². The lowest BCUT2D eigenvalue weighted by atomic mass is 10.3. The normalized spacial score (nSPS) is 12.6. The number of aromatic nitrogens is 2. The molecule has 110 valence electrons. The van der Waals surface area contributed by atoms with E-state index in [-0.39, 0.29) is 6.10 Å². The molecule has 2 heterocycles. The molecule has 2 N–H and O–H groups in total. The maximum atomic E-state index is 5.34. The number of thiophene rings is 1. The lowest BCUT2D eigenvalue weighted by Crippen LogP contribution is -2.27. The van der Waals surface area contributed by atoms with Gasteiger partial charge in [0.05, 0.1) is 18.1 Å². The third-order valence-electron chi connectivity index (χ3n) is 2.84. The van der Waals surface area contributed by atoms with Crippen LogP contribution in [0.15, 0.2) is 11.4 Å². The number of nitrogens with zero attached hydrogens (tertiary/aromatic N) is 2. The van der Waals surface area contributed by atoms with Crippen LogP contribution in [0.5, 0.6) is 0 Å². The quantitative estimate of drug-likeness (QED) is 0.778. The Morgan fingerprint density at radius 2 is 2.15 bits per heavy atom. The SMILES string of the molecule is CCNc1nc(NCC(COC)OC)c2ccsc2n1. The standard InChI is InChI=1S/C13H20N4O2S/c1-4-14-13-16-11(10-5-6-20-12(10)17-13)15-7-9(19-3)8-18-2/h5-6,9H,4,7-8H2,1-3H3,(H2,14,15,16,17). The van der Waals surface area contributed by atoms with Crippen LogP contribution in [-0.4, -0.2) is 50.0 Å². The van der Waals surface area contributed by atoms with E-state index in [0.29, 0.717) is 19.1 Å². The van der Waals surface area contributed by atoms with Gasteiger partial charge in [-0.15, -0.1) is 11.3 Å². The Morgan fingerprint density at radius 3 is 2.85 bits per heavy atom. The number of nitrogens with one attached hydrogen (secondary N) is 2. The summed E-state index contributed by atoms with van der Waals surface area (Å²) in [6.45, 7) is 3.99. The second-order valence-electron chi connectivity index (χ2n) is 4.26. The summed E-state index contributed by atoms with van der Waals surface area (Å²) >= 11 is 1.60. The van der Waals surface area contributed by atoms with Gasteiger partial charge >= 0.3 is 0 Å². The Balaban J connectivity index is 2.16. The summed E-state index contributed by atoms with van der Waals surface area (Å²) in [6.07, 6.45) is -0.00812. The van der Waals surface area contributed by atoms with Crippen LogP contribution in [0.3, 0.4) is 0 Å². The second-order valence-corrected chi connectivity index (χ2v) is 5.15. The molecule has 20 heavy (non-hydrogen) atoms. The number of hydrogen-bond donors (Lipinski definition) is 2. The van der Waals surface area contributed by atoms with Crippen molar-refractivity contribution in [2.45, 2.75) is 13.0 Å². The van der Waals surface area contributed by atoms with Crippen molar-refractivity contribution in [2.75, 3.05) is 44.5 Å². The van der Waals surface area contributed by atoms with Gasteiger partial charge in [0, 0.05) is 27.3 Å². The number of ether oxygens (including phenoxy) is 2. The highest BCUT2D eigenvalue weighted by Gasteiger charge is 2.11. The molecule has 0 aliphatic carbocycles. The molecule has 0 aromatic carbocycles. The molecule has 0 radical (unpaired) electrons. The minimum absolute atomic E-state index is 0.00812. The maximum Gasteiger partial charge on any atom is 0.226 e.